The maximum Gasteiger partial charge on any atom is 0.175 e. The molecule has 0 aromatic heterocycles. The fourth-order valence-corrected chi connectivity index (χ4v) is 1.96. The van der Waals surface area contributed by atoms with Crippen LogP contribution in [0.2, 0.25) is 0 Å². The molecule has 3 nitrogen and oxygen atoms in total. The summed E-state index contributed by atoms with van der Waals surface area (Å²) < 4.78 is 10.1. The van der Waals surface area contributed by atoms with Gasteiger partial charge >= 0.3 is 0 Å². The number of ether oxygens (including phenoxy) is 2. The number of aliphatic hydroxyl groups is 1. The van der Waals surface area contributed by atoms with Crippen LogP contribution in [-0.4, -0.2) is 35.0 Å². The van der Waals surface area contributed by atoms with Crippen molar-refractivity contribution in [3.8, 4) is 0 Å². The molecule has 0 aromatic rings. The molecule has 10 heavy (non-hydrogen) atoms. The van der Waals surface area contributed by atoms with Gasteiger partial charge in [0.1, 0.15) is 4.32 Å². The van der Waals surface area contributed by atoms with Crippen LogP contribution in [0.25, 0.3) is 0 Å². The predicted octanol–water partition coefficient (Wildman–Crippen LogP) is 0.258. The van der Waals surface area contributed by atoms with Gasteiger partial charge in [-0.25, -0.2) is 0 Å². The summed E-state index contributed by atoms with van der Waals surface area (Å²) in [5.74, 6) is 0. The van der Waals surface area contributed by atoms with Crippen molar-refractivity contribution in [1.29, 1.82) is 0 Å². The smallest absolute Gasteiger partial charge is 0.175 e. The molecule has 2 fully saturated rings. The average molecular weight is 209 g/mol. The highest BCUT2D eigenvalue weighted by Gasteiger charge is 2.53. The van der Waals surface area contributed by atoms with Crippen LogP contribution in [0.5, 0.6) is 0 Å². The van der Waals surface area contributed by atoms with Gasteiger partial charge in [0.25, 0.3) is 0 Å². The first-order chi connectivity index (χ1) is 4.73. The molecule has 2 heterocycles. The molecular weight excluding hydrogens is 200 g/mol. The summed E-state index contributed by atoms with van der Waals surface area (Å²) in [6.07, 6.45) is 0.182. The molecule has 0 aromatic carbocycles. The number of fused-ring (bicyclic) bond motifs is 1. The van der Waals surface area contributed by atoms with Crippen LogP contribution in [-0.2, 0) is 9.47 Å². The van der Waals surface area contributed by atoms with Crippen LogP contribution in [0, 0.1) is 0 Å². The number of rotatable bonds is 0. The minimum Gasteiger partial charge on any atom is -0.389 e. The Kier molecular flexibility index (Phi) is 1.53. The summed E-state index contributed by atoms with van der Waals surface area (Å²) in [5.41, 5.74) is 0. The second-order valence-electron chi connectivity index (χ2n) is 2.73. The minimum absolute atomic E-state index is 0.234. The minimum atomic E-state index is -0.417. The van der Waals surface area contributed by atoms with Crippen LogP contribution in [0.1, 0.15) is 6.42 Å². The van der Waals surface area contributed by atoms with Crippen LogP contribution in [0.15, 0.2) is 0 Å². The Hall–Kier alpha value is 0.360. The zero-order valence-electron chi connectivity index (χ0n) is 5.42. The van der Waals surface area contributed by atoms with E-state index in [-0.39, 0.29) is 10.6 Å². The van der Waals surface area contributed by atoms with Gasteiger partial charge in [0, 0.05) is 0 Å². The molecule has 0 spiro atoms. The van der Waals surface area contributed by atoms with Crippen molar-refractivity contribution in [1.82, 2.24) is 0 Å². The Morgan fingerprint density at radius 3 is 3.00 bits per heavy atom. The van der Waals surface area contributed by atoms with Crippen LogP contribution < -0.4 is 0 Å². The van der Waals surface area contributed by atoms with Gasteiger partial charge in [-0.1, -0.05) is 15.9 Å². The van der Waals surface area contributed by atoms with Crippen LogP contribution in [0.4, 0.5) is 0 Å². The van der Waals surface area contributed by atoms with Crippen molar-refractivity contribution >= 4 is 15.9 Å². The monoisotopic (exact) mass is 208 g/mol. The molecular formula is C6H9BrO3. The quantitative estimate of drug-likeness (QED) is 0.581. The Labute approximate surface area is 67.4 Å². The van der Waals surface area contributed by atoms with Gasteiger partial charge in [-0.15, -0.1) is 0 Å². The van der Waals surface area contributed by atoms with Gasteiger partial charge in [-0.2, -0.15) is 0 Å². The van der Waals surface area contributed by atoms with Gasteiger partial charge in [-0.3, -0.25) is 0 Å². The van der Waals surface area contributed by atoms with Crippen molar-refractivity contribution in [3.05, 3.63) is 0 Å². The zero-order valence-corrected chi connectivity index (χ0v) is 7.00. The fourth-order valence-electron chi connectivity index (χ4n) is 1.41. The molecule has 0 saturated carbocycles. The molecule has 0 radical (unpaired) electrons. The van der Waals surface area contributed by atoms with Gasteiger partial charge in [-0.05, 0) is 6.42 Å². The molecule has 2 saturated heterocycles. The van der Waals surface area contributed by atoms with Crippen molar-refractivity contribution in [2.24, 2.45) is 0 Å². The summed E-state index contributed by atoms with van der Waals surface area (Å²) >= 11 is 3.44. The molecule has 3 atom stereocenters. The average Bonchev–Trinajstić information content (AvgIpc) is 2.36. The first-order valence-corrected chi connectivity index (χ1v) is 4.13. The van der Waals surface area contributed by atoms with Gasteiger partial charge in [0.15, 0.2) is 6.29 Å². The van der Waals surface area contributed by atoms with Crippen LogP contribution in [0.3, 0.4) is 0 Å². The van der Waals surface area contributed by atoms with E-state index in [9.17, 15) is 5.11 Å². The van der Waals surface area contributed by atoms with E-state index in [4.69, 9.17) is 9.47 Å². The number of alkyl halides is 1. The molecule has 0 aliphatic carbocycles. The molecule has 0 bridgehead atoms. The summed E-state index contributed by atoms with van der Waals surface area (Å²) in [6, 6.07) is 0. The Morgan fingerprint density at radius 1 is 1.50 bits per heavy atom. The third-order valence-electron chi connectivity index (χ3n) is 2.11. The first-order valence-electron chi connectivity index (χ1n) is 3.34. The Morgan fingerprint density at radius 2 is 2.30 bits per heavy atom. The fraction of sp³-hybridized carbons (Fsp3) is 1.00. The maximum absolute atomic E-state index is 9.41. The van der Waals surface area contributed by atoms with Crippen molar-refractivity contribution in [2.75, 3.05) is 13.2 Å². The Bertz CT molecular complexity index is 152. The summed E-state index contributed by atoms with van der Waals surface area (Å²) in [7, 11) is 0. The van der Waals surface area contributed by atoms with E-state index < -0.39 is 6.10 Å². The van der Waals surface area contributed by atoms with Crippen LogP contribution >= 0.6 is 15.9 Å². The summed E-state index contributed by atoms with van der Waals surface area (Å²) in [4.78, 5) is 0. The lowest BCUT2D eigenvalue weighted by atomic mass is 10.0. The summed E-state index contributed by atoms with van der Waals surface area (Å²) in [5, 5.41) is 9.41. The van der Waals surface area contributed by atoms with E-state index in [0.29, 0.717) is 13.2 Å². The highest BCUT2D eigenvalue weighted by Crippen LogP contribution is 2.42. The first kappa shape index (κ1) is 7.03. The highest BCUT2D eigenvalue weighted by molar-refractivity contribution is 9.10. The highest BCUT2D eigenvalue weighted by atomic mass is 79.9. The lowest BCUT2D eigenvalue weighted by Gasteiger charge is -2.20. The van der Waals surface area contributed by atoms with E-state index in [1.165, 1.54) is 0 Å². The lowest BCUT2D eigenvalue weighted by Crippen LogP contribution is -2.36. The number of hydrogen-bond acceptors (Lipinski definition) is 3. The normalized spacial score (nSPS) is 53.4. The second kappa shape index (κ2) is 2.17. The predicted molar refractivity (Wildman–Crippen MR) is 38.0 cm³/mol. The van der Waals surface area contributed by atoms with Gasteiger partial charge in [0.05, 0.1) is 19.3 Å². The van der Waals surface area contributed by atoms with Gasteiger partial charge < -0.3 is 14.6 Å². The van der Waals surface area contributed by atoms with E-state index >= 15 is 0 Å². The number of aliphatic hydroxyl groups excluding tert-OH is 1. The summed E-state index contributed by atoms with van der Waals surface area (Å²) in [6.45, 7) is 1.06. The molecule has 2 aliphatic rings. The SMILES string of the molecule is OC1COC2OCCC12Br. The van der Waals surface area contributed by atoms with E-state index in [1.54, 1.807) is 0 Å². The lowest BCUT2D eigenvalue weighted by molar-refractivity contribution is -0.0861. The number of halogens is 1. The van der Waals surface area contributed by atoms with Crippen molar-refractivity contribution in [3.63, 3.8) is 0 Å². The zero-order chi connectivity index (χ0) is 7.19. The standard InChI is InChI=1S/C6H9BrO3/c7-6-1-2-9-5(6)10-3-4(6)8/h4-5,8H,1-3H2. The van der Waals surface area contributed by atoms with Gasteiger partial charge in [0.2, 0.25) is 0 Å². The molecule has 58 valence electrons. The molecule has 2 aliphatic heterocycles. The molecule has 3 unspecified atom stereocenters. The topological polar surface area (TPSA) is 38.7 Å². The number of hydrogen-bond donors (Lipinski definition) is 1. The maximum atomic E-state index is 9.41. The largest absolute Gasteiger partial charge is 0.389 e. The molecule has 4 heteroatoms. The van der Waals surface area contributed by atoms with E-state index in [1.807, 2.05) is 0 Å². The third-order valence-corrected chi connectivity index (χ3v) is 3.40. The van der Waals surface area contributed by atoms with E-state index in [0.717, 1.165) is 6.42 Å². The van der Waals surface area contributed by atoms with Crippen molar-refractivity contribution in [2.45, 2.75) is 23.1 Å². The Balaban J connectivity index is 2.21. The second-order valence-corrected chi connectivity index (χ2v) is 4.21. The van der Waals surface area contributed by atoms with Crippen molar-refractivity contribution < 1.29 is 14.6 Å². The molecule has 1 N–H and O–H groups in total. The molecule has 2 rings (SSSR count). The molecule has 0 amide bonds. The third kappa shape index (κ3) is 0.763. The van der Waals surface area contributed by atoms with E-state index in [2.05, 4.69) is 15.9 Å².